The molecule has 1 amide bonds. The number of benzene rings is 2. The van der Waals surface area contributed by atoms with E-state index in [1.165, 1.54) is 21.3 Å². The number of nitrogens with zero attached hydrogens (tertiary/aromatic N) is 2. The molecule has 3 aromatic rings. The van der Waals surface area contributed by atoms with Crippen LogP contribution in [0.2, 0.25) is 0 Å². The Morgan fingerprint density at radius 1 is 1.11 bits per heavy atom. The van der Waals surface area contributed by atoms with Crippen molar-refractivity contribution in [3.63, 3.8) is 0 Å². The zero-order valence-corrected chi connectivity index (χ0v) is 19.6. The predicted octanol–water partition coefficient (Wildman–Crippen LogP) is 2.72. The van der Waals surface area contributed by atoms with Gasteiger partial charge in [0.25, 0.3) is 5.91 Å². The molecule has 35 heavy (non-hydrogen) atoms. The highest BCUT2D eigenvalue weighted by atomic mass is 16.5. The normalized spacial score (nSPS) is 13.2. The van der Waals surface area contributed by atoms with Gasteiger partial charge in [-0.1, -0.05) is 0 Å². The van der Waals surface area contributed by atoms with Gasteiger partial charge in [-0.2, -0.15) is 0 Å². The van der Waals surface area contributed by atoms with E-state index in [9.17, 15) is 9.59 Å². The number of ether oxygens (including phenoxy) is 5. The SMILES string of the molecule is COc1ccc(/C=C2\Oc3cc(OCC(=O)NCCn4ccnc4)ccc3C2=O)c(OC)c1OC. The number of methoxy groups -OCH3 is 3. The summed E-state index contributed by atoms with van der Waals surface area (Å²) in [5.41, 5.74) is 0.984. The average molecular weight is 479 g/mol. The van der Waals surface area contributed by atoms with E-state index in [1.54, 1.807) is 48.9 Å². The second-order valence-electron chi connectivity index (χ2n) is 7.46. The van der Waals surface area contributed by atoms with Gasteiger partial charge in [0.05, 0.1) is 33.2 Å². The number of carbonyl (C=O) groups is 2. The molecule has 2 aromatic carbocycles. The van der Waals surface area contributed by atoms with Crippen molar-refractivity contribution >= 4 is 17.8 Å². The Labute approximate surface area is 202 Å². The summed E-state index contributed by atoms with van der Waals surface area (Å²) in [6.07, 6.45) is 6.75. The average Bonchev–Trinajstić information content (AvgIpc) is 3.50. The molecule has 0 atom stereocenters. The van der Waals surface area contributed by atoms with E-state index in [0.29, 0.717) is 53.0 Å². The molecule has 0 saturated heterocycles. The first-order valence-corrected chi connectivity index (χ1v) is 10.8. The lowest BCUT2D eigenvalue weighted by Gasteiger charge is -2.14. The van der Waals surface area contributed by atoms with Crippen molar-refractivity contribution in [3.8, 4) is 28.7 Å². The molecule has 0 radical (unpaired) electrons. The van der Waals surface area contributed by atoms with Crippen LogP contribution in [0.15, 0.2) is 54.8 Å². The van der Waals surface area contributed by atoms with E-state index in [0.717, 1.165) is 0 Å². The van der Waals surface area contributed by atoms with Crippen molar-refractivity contribution in [2.75, 3.05) is 34.5 Å². The molecule has 0 spiro atoms. The maximum atomic E-state index is 12.9. The van der Waals surface area contributed by atoms with Crippen LogP contribution in [0, 0.1) is 0 Å². The molecule has 0 saturated carbocycles. The Morgan fingerprint density at radius 3 is 2.66 bits per heavy atom. The first-order valence-electron chi connectivity index (χ1n) is 10.8. The Kier molecular flexibility index (Phi) is 7.20. The summed E-state index contributed by atoms with van der Waals surface area (Å²) in [4.78, 5) is 28.9. The fourth-order valence-electron chi connectivity index (χ4n) is 3.58. The number of ketones is 1. The third-order valence-electron chi connectivity index (χ3n) is 5.28. The van der Waals surface area contributed by atoms with Crippen LogP contribution < -0.4 is 29.0 Å². The molecule has 2 heterocycles. The van der Waals surface area contributed by atoms with Crippen LogP contribution in [0.5, 0.6) is 28.7 Å². The smallest absolute Gasteiger partial charge is 0.258 e. The molecule has 10 heteroatoms. The van der Waals surface area contributed by atoms with Crippen molar-refractivity contribution in [1.82, 2.24) is 14.9 Å². The van der Waals surface area contributed by atoms with E-state index < -0.39 is 0 Å². The van der Waals surface area contributed by atoms with Gasteiger partial charge in [0.2, 0.25) is 11.5 Å². The second kappa shape index (κ2) is 10.6. The number of carbonyl (C=O) groups excluding carboxylic acids is 2. The molecule has 4 rings (SSSR count). The number of rotatable bonds is 10. The molecule has 0 bridgehead atoms. The number of Topliss-reactive ketones (excluding diaryl/α,β-unsaturated/α-hetero) is 1. The fourth-order valence-corrected chi connectivity index (χ4v) is 3.58. The minimum Gasteiger partial charge on any atom is -0.493 e. The Hall–Kier alpha value is -4.47. The highest BCUT2D eigenvalue weighted by molar-refractivity contribution is 6.14. The monoisotopic (exact) mass is 479 g/mol. The second-order valence-corrected chi connectivity index (χ2v) is 7.46. The first kappa shape index (κ1) is 23.7. The van der Waals surface area contributed by atoms with Crippen LogP contribution >= 0.6 is 0 Å². The van der Waals surface area contributed by atoms with Crippen molar-refractivity contribution in [2.45, 2.75) is 6.54 Å². The van der Waals surface area contributed by atoms with Gasteiger partial charge < -0.3 is 33.6 Å². The summed E-state index contributed by atoms with van der Waals surface area (Å²) in [7, 11) is 4.54. The van der Waals surface area contributed by atoms with Crippen LogP contribution in [0.4, 0.5) is 0 Å². The molecule has 0 unspecified atom stereocenters. The predicted molar refractivity (Wildman–Crippen MR) is 126 cm³/mol. The molecule has 0 fully saturated rings. The van der Waals surface area contributed by atoms with Gasteiger partial charge in [0.15, 0.2) is 23.9 Å². The number of hydrogen-bond acceptors (Lipinski definition) is 8. The van der Waals surface area contributed by atoms with Crippen molar-refractivity contribution in [3.05, 3.63) is 65.9 Å². The number of nitrogens with one attached hydrogen (secondary N) is 1. The van der Waals surface area contributed by atoms with E-state index in [2.05, 4.69) is 10.3 Å². The molecule has 1 aliphatic rings. The van der Waals surface area contributed by atoms with E-state index in [4.69, 9.17) is 23.7 Å². The van der Waals surface area contributed by atoms with Gasteiger partial charge in [-0.15, -0.1) is 0 Å². The summed E-state index contributed by atoms with van der Waals surface area (Å²) in [6, 6.07) is 8.27. The number of hydrogen-bond donors (Lipinski definition) is 1. The quantitative estimate of drug-likeness (QED) is 0.442. The Morgan fingerprint density at radius 2 is 1.94 bits per heavy atom. The molecule has 1 aromatic heterocycles. The number of fused-ring (bicyclic) bond motifs is 1. The minimum atomic E-state index is -0.277. The summed E-state index contributed by atoms with van der Waals surface area (Å²) in [6.45, 7) is 0.900. The standard InChI is InChI=1S/C25H25N3O7/c1-31-19-7-4-16(24(32-2)25(19)33-3)12-21-23(30)18-6-5-17(13-20(18)35-21)34-14-22(29)27-9-11-28-10-8-26-15-28/h4-8,10,12-13,15H,9,11,14H2,1-3H3,(H,27,29)/b21-12-. The lowest BCUT2D eigenvalue weighted by atomic mass is 10.1. The Bertz CT molecular complexity index is 1250. The van der Waals surface area contributed by atoms with Crippen LogP contribution in [-0.2, 0) is 11.3 Å². The highest BCUT2D eigenvalue weighted by Crippen LogP contribution is 2.42. The van der Waals surface area contributed by atoms with Gasteiger partial charge in [0.1, 0.15) is 11.5 Å². The van der Waals surface area contributed by atoms with Crippen molar-refractivity contribution in [1.29, 1.82) is 0 Å². The fraction of sp³-hybridized carbons (Fsp3) is 0.240. The molecule has 182 valence electrons. The number of aromatic nitrogens is 2. The zero-order valence-electron chi connectivity index (χ0n) is 19.6. The van der Waals surface area contributed by atoms with Gasteiger partial charge >= 0.3 is 0 Å². The van der Waals surface area contributed by atoms with Crippen molar-refractivity contribution < 1.29 is 33.3 Å². The number of amides is 1. The summed E-state index contributed by atoms with van der Waals surface area (Å²) >= 11 is 0. The third kappa shape index (κ3) is 5.21. The largest absolute Gasteiger partial charge is 0.493 e. The number of allylic oxidation sites excluding steroid dienone is 1. The number of imidazole rings is 1. The molecule has 1 aliphatic heterocycles. The topological polar surface area (TPSA) is 110 Å². The van der Waals surface area contributed by atoms with Crippen LogP contribution in [-0.4, -0.2) is 55.7 Å². The van der Waals surface area contributed by atoms with Crippen molar-refractivity contribution in [2.24, 2.45) is 0 Å². The zero-order chi connectivity index (χ0) is 24.8. The van der Waals surface area contributed by atoms with Gasteiger partial charge in [-0.05, 0) is 30.3 Å². The minimum absolute atomic E-state index is 0.125. The third-order valence-corrected chi connectivity index (χ3v) is 5.28. The summed E-state index contributed by atoms with van der Waals surface area (Å²) in [5, 5.41) is 2.78. The summed E-state index contributed by atoms with van der Waals surface area (Å²) < 4.78 is 29.4. The molecule has 10 nitrogen and oxygen atoms in total. The lowest BCUT2D eigenvalue weighted by Crippen LogP contribution is -2.31. The summed E-state index contributed by atoms with van der Waals surface area (Å²) in [5.74, 6) is 1.66. The molecular weight excluding hydrogens is 454 g/mol. The molecular formula is C25H25N3O7. The molecule has 0 aliphatic carbocycles. The highest BCUT2D eigenvalue weighted by Gasteiger charge is 2.28. The van der Waals surface area contributed by atoms with Gasteiger partial charge in [0, 0.05) is 37.1 Å². The van der Waals surface area contributed by atoms with E-state index >= 15 is 0 Å². The van der Waals surface area contributed by atoms with Crippen LogP contribution in [0.3, 0.4) is 0 Å². The maximum absolute atomic E-state index is 12.9. The molecule has 1 N–H and O–H groups in total. The first-order chi connectivity index (χ1) is 17.0. The van der Waals surface area contributed by atoms with E-state index in [-0.39, 0.29) is 24.1 Å². The van der Waals surface area contributed by atoms with Gasteiger partial charge in [-0.3, -0.25) is 9.59 Å². The Balaban J connectivity index is 1.41. The maximum Gasteiger partial charge on any atom is 0.258 e. The van der Waals surface area contributed by atoms with Crippen LogP contribution in [0.1, 0.15) is 15.9 Å². The van der Waals surface area contributed by atoms with Gasteiger partial charge in [-0.25, -0.2) is 4.98 Å². The van der Waals surface area contributed by atoms with Crippen LogP contribution in [0.25, 0.3) is 6.08 Å². The van der Waals surface area contributed by atoms with E-state index in [1.807, 2.05) is 10.8 Å². The lowest BCUT2D eigenvalue weighted by molar-refractivity contribution is -0.123.